The first-order chi connectivity index (χ1) is 13.2. The number of nitrogens with one attached hydrogen (secondary N) is 2. The van der Waals surface area contributed by atoms with Crippen LogP contribution < -0.4 is 10.9 Å². The second-order valence-electron chi connectivity index (χ2n) is 7.14. The molecule has 2 atom stereocenters. The summed E-state index contributed by atoms with van der Waals surface area (Å²) in [6.07, 6.45) is 4.29. The first-order valence-corrected chi connectivity index (χ1v) is 9.35. The molecule has 142 valence electrons. The highest BCUT2D eigenvalue weighted by atomic mass is 19.1. The van der Waals surface area contributed by atoms with E-state index >= 15 is 0 Å². The third-order valence-corrected chi connectivity index (χ3v) is 5.31. The molecule has 1 aromatic heterocycles. The van der Waals surface area contributed by atoms with Crippen LogP contribution >= 0.6 is 0 Å². The van der Waals surface area contributed by atoms with Crippen molar-refractivity contribution in [2.75, 3.05) is 26.2 Å². The second-order valence-corrected chi connectivity index (χ2v) is 7.14. The smallest absolute Gasteiger partial charge is 0.241 e. The summed E-state index contributed by atoms with van der Waals surface area (Å²) in [5.74, 6) is -0.113. The van der Waals surface area contributed by atoms with Crippen molar-refractivity contribution in [2.24, 2.45) is 0 Å². The van der Waals surface area contributed by atoms with E-state index in [1.165, 1.54) is 17.7 Å². The van der Waals surface area contributed by atoms with Gasteiger partial charge in [0.25, 0.3) is 0 Å². The monoisotopic (exact) mass is 369 g/mol. The summed E-state index contributed by atoms with van der Waals surface area (Å²) >= 11 is 0. The van der Waals surface area contributed by atoms with E-state index in [0.717, 1.165) is 38.3 Å². The molecule has 2 aromatic rings. The Balaban J connectivity index is 1.28. The largest absolute Gasteiger partial charge is 0.339 e. The molecule has 4 rings (SSSR count). The summed E-state index contributed by atoms with van der Waals surface area (Å²) in [5.41, 5.74) is 8.51. The van der Waals surface area contributed by atoms with Gasteiger partial charge in [0.2, 0.25) is 5.91 Å². The van der Waals surface area contributed by atoms with Crippen LogP contribution in [-0.4, -0.2) is 52.9 Å². The zero-order valence-corrected chi connectivity index (χ0v) is 15.1. The average molecular weight is 369 g/mol. The van der Waals surface area contributed by atoms with Crippen molar-refractivity contribution >= 4 is 5.91 Å². The number of halogens is 1. The molecule has 0 aliphatic carbocycles. The highest BCUT2D eigenvalue weighted by Gasteiger charge is 2.34. The first-order valence-electron chi connectivity index (χ1n) is 9.35. The Hall–Kier alpha value is -2.35. The van der Waals surface area contributed by atoms with Crippen LogP contribution in [0, 0.1) is 5.82 Å². The maximum absolute atomic E-state index is 13.1. The van der Waals surface area contributed by atoms with Crippen LogP contribution in [0.25, 0.3) is 0 Å². The number of amides is 1. The molecule has 0 radical (unpaired) electrons. The Bertz CT molecular complexity index is 762. The number of hydrazine groups is 1. The Kier molecular flexibility index (Phi) is 5.42. The van der Waals surface area contributed by atoms with Crippen LogP contribution in [0.2, 0.25) is 0 Å². The van der Waals surface area contributed by atoms with Crippen LogP contribution in [0.15, 0.2) is 48.8 Å². The van der Waals surface area contributed by atoms with E-state index in [2.05, 4.69) is 20.7 Å². The molecule has 6 nitrogen and oxygen atoms in total. The van der Waals surface area contributed by atoms with Gasteiger partial charge in [-0.3, -0.25) is 14.7 Å². The van der Waals surface area contributed by atoms with Gasteiger partial charge in [-0.25, -0.2) is 15.2 Å². The van der Waals surface area contributed by atoms with Crippen molar-refractivity contribution in [3.8, 4) is 0 Å². The summed E-state index contributed by atoms with van der Waals surface area (Å²) < 4.78 is 13.1. The lowest BCUT2D eigenvalue weighted by Gasteiger charge is -2.35. The van der Waals surface area contributed by atoms with Crippen LogP contribution in [0.3, 0.4) is 0 Å². The lowest BCUT2D eigenvalue weighted by molar-refractivity contribution is -0.135. The minimum atomic E-state index is -0.248. The molecule has 2 unspecified atom stereocenters. The third-order valence-electron chi connectivity index (χ3n) is 5.31. The first kappa shape index (κ1) is 18.0. The lowest BCUT2D eigenvalue weighted by Crippen LogP contribution is -2.53. The molecule has 2 aliphatic heterocycles. The molecular formula is C20H24FN5O. The maximum atomic E-state index is 13.1. The molecule has 2 saturated heterocycles. The number of nitrogens with zero attached hydrogens (tertiary/aromatic N) is 3. The SMILES string of the molecule is O=C(C1CC(c2ccc(F)cc2)NN1)N1CCN(Cc2ccncc2)CC1. The fourth-order valence-electron chi connectivity index (χ4n) is 3.72. The van der Waals surface area contributed by atoms with Gasteiger partial charge in [-0.1, -0.05) is 12.1 Å². The van der Waals surface area contributed by atoms with Gasteiger partial charge in [-0.05, 0) is 41.8 Å². The second kappa shape index (κ2) is 8.12. The predicted molar refractivity (Wildman–Crippen MR) is 99.9 cm³/mol. The van der Waals surface area contributed by atoms with E-state index in [9.17, 15) is 9.18 Å². The highest BCUT2D eigenvalue weighted by Crippen LogP contribution is 2.23. The molecule has 1 aromatic carbocycles. The van der Waals surface area contributed by atoms with Crippen LogP contribution in [-0.2, 0) is 11.3 Å². The number of aromatic nitrogens is 1. The number of benzene rings is 1. The molecule has 0 saturated carbocycles. The fourth-order valence-corrected chi connectivity index (χ4v) is 3.72. The summed E-state index contributed by atoms with van der Waals surface area (Å²) in [4.78, 5) is 21.2. The van der Waals surface area contributed by atoms with Crippen LogP contribution in [0.1, 0.15) is 23.6 Å². The van der Waals surface area contributed by atoms with Gasteiger partial charge in [-0.15, -0.1) is 0 Å². The van der Waals surface area contributed by atoms with Gasteiger partial charge in [0.1, 0.15) is 11.9 Å². The third kappa shape index (κ3) is 4.32. The molecule has 0 spiro atoms. The Morgan fingerprint density at radius 1 is 1.04 bits per heavy atom. The number of hydrogen-bond donors (Lipinski definition) is 2. The minimum absolute atomic E-state index is 0.0209. The average Bonchev–Trinajstić information content (AvgIpc) is 3.20. The van der Waals surface area contributed by atoms with Crippen molar-refractivity contribution in [3.63, 3.8) is 0 Å². The fraction of sp³-hybridized carbons (Fsp3) is 0.400. The number of hydrogen-bond acceptors (Lipinski definition) is 5. The highest BCUT2D eigenvalue weighted by molar-refractivity contribution is 5.82. The zero-order chi connectivity index (χ0) is 18.6. The number of carbonyl (C=O) groups is 1. The summed E-state index contributed by atoms with van der Waals surface area (Å²) in [5, 5.41) is 0. The molecule has 2 aliphatic rings. The zero-order valence-electron chi connectivity index (χ0n) is 15.1. The van der Waals surface area contributed by atoms with Crippen molar-refractivity contribution < 1.29 is 9.18 Å². The van der Waals surface area contributed by atoms with E-state index < -0.39 is 0 Å². The van der Waals surface area contributed by atoms with Gasteiger partial charge < -0.3 is 4.90 Å². The summed E-state index contributed by atoms with van der Waals surface area (Å²) in [6.45, 7) is 4.11. The van der Waals surface area contributed by atoms with E-state index in [0.29, 0.717) is 6.42 Å². The number of carbonyl (C=O) groups excluding carboxylic acids is 1. The van der Waals surface area contributed by atoms with E-state index in [-0.39, 0.29) is 23.8 Å². The van der Waals surface area contributed by atoms with Crippen molar-refractivity contribution in [1.82, 2.24) is 25.6 Å². The van der Waals surface area contributed by atoms with Gasteiger partial charge >= 0.3 is 0 Å². The predicted octanol–water partition coefficient (Wildman–Crippen LogP) is 1.47. The standard InChI is InChI=1S/C20H24FN5O/c21-17-3-1-16(2-4-17)18-13-19(24-23-18)20(27)26-11-9-25(10-12-26)14-15-5-7-22-8-6-15/h1-8,18-19,23-24H,9-14H2. The van der Waals surface area contributed by atoms with Crippen molar-refractivity contribution in [1.29, 1.82) is 0 Å². The van der Waals surface area contributed by atoms with Crippen LogP contribution in [0.4, 0.5) is 4.39 Å². The quantitative estimate of drug-likeness (QED) is 0.855. The van der Waals surface area contributed by atoms with Crippen molar-refractivity contribution in [2.45, 2.75) is 25.0 Å². The molecule has 0 bridgehead atoms. The van der Waals surface area contributed by atoms with Gasteiger partial charge in [0.15, 0.2) is 0 Å². The van der Waals surface area contributed by atoms with E-state index in [4.69, 9.17) is 0 Å². The van der Waals surface area contributed by atoms with E-state index in [1.807, 2.05) is 29.4 Å². The molecule has 27 heavy (non-hydrogen) atoms. The molecule has 1 amide bonds. The van der Waals surface area contributed by atoms with E-state index in [1.54, 1.807) is 12.1 Å². The molecule has 2 N–H and O–H groups in total. The van der Waals surface area contributed by atoms with Gasteiger partial charge in [-0.2, -0.15) is 0 Å². The molecule has 7 heteroatoms. The van der Waals surface area contributed by atoms with Gasteiger partial charge in [0, 0.05) is 51.2 Å². The number of piperazine rings is 1. The molecule has 3 heterocycles. The Labute approximate surface area is 158 Å². The lowest BCUT2D eigenvalue weighted by atomic mass is 10.0. The summed E-state index contributed by atoms with van der Waals surface area (Å²) in [7, 11) is 0. The maximum Gasteiger partial charge on any atom is 0.241 e. The van der Waals surface area contributed by atoms with Crippen molar-refractivity contribution in [3.05, 3.63) is 65.7 Å². The van der Waals surface area contributed by atoms with Gasteiger partial charge in [0.05, 0.1) is 0 Å². The summed E-state index contributed by atoms with van der Waals surface area (Å²) in [6, 6.07) is 10.3. The Morgan fingerprint density at radius 3 is 2.44 bits per heavy atom. The number of pyridine rings is 1. The van der Waals surface area contributed by atoms with Crippen LogP contribution in [0.5, 0.6) is 0 Å². The molecule has 2 fully saturated rings. The molecular weight excluding hydrogens is 345 g/mol. The Morgan fingerprint density at radius 2 is 1.74 bits per heavy atom. The normalized spacial score (nSPS) is 23.5. The minimum Gasteiger partial charge on any atom is -0.339 e. The number of rotatable bonds is 4. The topological polar surface area (TPSA) is 60.5 Å².